The number of halogens is 1. The molecule has 0 spiro atoms. The summed E-state index contributed by atoms with van der Waals surface area (Å²) in [6.45, 7) is 3.89. The van der Waals surface area contributed by atoms with Gasteiger partial charge in [-0.05, 0) is 67.4 Å². The summed E-state index contributed by atoms with van der Waals surface area (Å²) in [5.41, 5.74) is 2.78. The van der Waals surface area contributed by atoms with Crippen LogP contribution in [0.25, 0.3) is 0 Å². The third-order valence-corrected chi connectivity index (χ3v) is 5.47. The van der Waals surface area contributed by atoms with E-state index in [9.17, 15) is 9.00 Å². The minimum absolute atomic E-state index is 0.189. The number of anilines is 1. The van der Waals surface area contributed by atoms with Gasteiger partial charge in [0.1, 0.15) is 5.76 Å². The average molecular weight is 388 g/mol. The van der Waals surface area contributed by atoms with Crippen molar-refractivity contribution >= 4 is 34.0 Å². The van der Waals surface area contributed by atoms with Crippen LogP contribution in [0.3, 0.4) is 0 Å². The molecular formula is C20H18ClNO3S. The van der Waals surface area contributed by atoms with E-state index in [0.717, 1.165) is 16.8 Å². The molecule has 1 N–H and O–H groups in total. The van der Waals surface area contributed by atoms with E-state index in [0.29, 0.717) is 15.7 Å². The molecule has 0 saturated heterocycles. The molecule has 0 saturated carbocycles. The Morgan fingerprint density at radius 1 is 1.08 bits per heavy atom. The number of carbonyl (C=O) groups is 1. The van der Waals surface area contributed by atoms with Crippen molar-refractivity contribution in [2.24, 2.45) is 0 Å². The molecule has 6 heteroatoms. The normalized spacial score (nSPS) is 12.0. The maximum absolute atomic E-state index is 12.4. The molecule has 134 valence electrons. The van der Waals surface area contributed by atoms with Crippen LogP contribution in [0.2, 0.25) is 5.02 Å². The monoisotopic (exact) mass is 387 g/mol. The van der Waals surface area contributed by atoms with E-state index in [4.69, 9.17) is 16.0 Å². The molecule has 3 aromatic rings. The first-order chi connectivity index (χ1) is 12.4. The summed E-state index contributed by atoms with van der Waals surface area (Å²) in [5, 5.41) is 3.44. The fourth-order valence-electron chi connectivity index (χ4n) is 2.43. The quantitative estimate of drug-likeness (QED) is 0.661. The number of rotatable bonds is 5. The van der Waals surface area contributed by atoms with Crippen LogP contribution in [0.5, 0.6) is 0 Å². The molecule has 1 heterocycles. The van der Waals surface area contributed by atoms with Crippen molar-refractivity contribution in [1.82, 2.24) is 0 Å². The molecule has 1 aromatic heterocycles. The molecule has 0 aliphatic rings. The first kappa shape index (κ1) is 18.4. The maximum Gasteiger partial charge on any atom is 0.291 e. The third kappa shape index (κ3) is 4.42. The molecule has 4 nitrogen and oxygen atoms in total. The predicted molar refractivity (Wildman–Crippen MR) is 104 cm³/mol. The van der Waals surface area contributed by atoms with Crippen LogP contribution in [0.4, 0.5) is 5.69 Å². The molecular weight excluding hydrogens is 370 g/mol. The number of aryl methyl sites for hydroxylation is 2. The molecule has 2 aromatic carbocycles. The van der Waals surface area contributed by atoms with Crippen molar-refractivity contribution in [3.63, 3.8) is 0 Å². The fraction of sp³-hybridized carbons (Fsp3) is 0.150. The van der Waals surface area contributed by atoms with Gasteiger partial charge in [0.05, 0.1) is 16.6 Å². The number of benzene rings is 2. The lowest BCUT2D eigenvalue weighted by molar-refractivity contribution is 0.0995. The van der Waals surface area contributed by atoms with Crippen molar-refractivity contribution in [3.8, 4) is 0 Å². The van der Waals surface area contributed by atoms with Gasteiger partial charge in [-0.2, -0.15) is 0 Å². The van der Waals surface area contributed by atoms with Crippen LogP contribution >= 0.6 is 11.6 Å². The van der Waals surface area contributed by atoms with E-state index in [1.165, 1.54) is 0 Å². The highest BCUT2D eigenvalue weighted by Crippen LogP contribution is 2.20. The maximum atomic E-state index is 12.4. The van der Waals surface area contributed by atoms with Gasteiger partial charge in [-0.1, -0.05) is 23.7 Å². The number of nitrogens with one attached hydrogen (secondary N) is 1. The largest absolute Gasteiger partial charge is 0.455 e. The zero-order chi connectivity index (χ0) is 18.7. The molecule has 0 aliphatic carbocycles. The van der Waals surface area contributed by atoms with Crippen LogP contribution in [-0.2, 0) is 16.6 Å². The zero-order valence-corrected chi connectivity index (χ0v) is 16.0. The molecule has 0 radical (unpaired) electrons. The van der Waals surface area contributed by atoms with E-state index >= 15 is 0 Å². The van der Waals surface area contributed by atoms with Crippen LogP contribution in [-0.4, -0.2) is 10.1 Å². The molecule has 26 heavy (non-hydrogen) atoms. The summed E-state index contributed by atoms with van der Waals surface area (Å²) in [6, 6.07) is 15.9. The summed E-state index contributed by atoms with van der Waals surface area (Å²) in [4.78, 5) is 13.0. The fourth-order valence-corrected chi connectivity index (χ4v) is 3.58. The smallest absolute Gasteiger partial charge is 0.291 e. The second-order valence-corrected chi connectivity index (χ2v) is 7.87. The molecule has 0 fully saturated rings. The average Bonchev–Trinajstić information content (AvgIpc) is 3.07. The summed E-state index contributed by atoms with van der Waals surface area (Å²) in [6.07, 6.45) is 0. The highest BCUT2D eigenvalue weighted by Gasteiger charge is 2.15. The number of furan rings is 1. The van der Waals surface area contributed by atoms with Crippen molar-refractivity contribution in [2.75, 3.05) is 5.32 Å². The summed E-state index contributed by atoms with van der Waals surface area (Å²) in [5.74, 6) is 0.541. The van der Waals surface area contributed by atoms with Gasteiger partial charge in [0.25, 0.3) is 5.91 Å². The number of hydrogen-bond donors (Lipinski definition) is 1. The van der Waals surface area contributed by atoms with Crippen LogP contribution in [0.1, 0.15) is 27.4 Å². The molecule has 0 aliphatic heterocycles. The Labute approximate surface area is 159 Å². The number of hydrogen-bond acceptors (Lipinski definition) is 3. The van der Waals surface area contributed by atoms with E-state index in [1.807, 2.05) is 32.0 Å². The van der Waals surface area contributed by atoms with E-state index in [-0.39, 0.29) is 17.4 Å². The molecule has 1 atom stereocenters. The highest BCUT2D eigenvalue weighted by molar-refractivity contribution is 7.84. The summed E-state index contributed by atoms with van der Waals surface area (Å²) < 4.78 is 18.0. The SMILES string of the molecule is Cc1ccc(C)c(NC(=O)c2ccc(C[S@](=O)c3ccc(Cl)cc3)o2)c1. The van der Waals surface area contributed by atoms with Crippen molar-refractivity contribution in [2.45, 2.75) is 24.5 Å². The van der Waals surface area contributed by atoms with Gasteiger partial charge in [0.15, 0.2) is 5.76 Å². The Kier molecular flexibility index (Phi) is 5.59. The molecule has 0 unspecified atom stereocenters. The zero-order valence-electron chi connectivity index (χ0n) is 14.4. The van der Waals surface area contributed by atoms with Crippen molar-refractivity contribution in [3.05, 3.63) is 82.3 Å². The summed E-state index contributed by atoms with van der Waals surface area (Å²) in [7, 11) is -1.27. The summed E-state index contributed by atoms with van der Waals surface area (Å²) >= 11 is 5.84. The number of amides is 1. The lowest BCUT2D eigenvalue weighted by Crippen LogP contribution is -2.12. The van der Waals surface area contributed by atoms with E-state index in [2.05, 4.69) is 5.32 Å². The standard InChI is InChI=1S/C20H18ClNO3S/c1-13-3-4-14(2)18(11-13)22-20(23)19-10-7-16(25-19)12-26(24)17-8-5-15(21)6-9-17/h3-11H,12H2,1-2H3,(H,22,23)/t26-/m0/s1. The minimum Gasteiger partial charge on any atom is -0.455 e. The second kappa shape index (κ2) is 7.89. The Bertz CT molecular complexity index is 963. The molecule has 1 amide bonds. The first-order valence-corrected chi connectivity index (χ1v) is 9.73. The lowest BCUT2D eigenvalue weighted by Gasteiger charge is -2.08. The van der Waals surface area contributed by atoms with Gasteiger partial charge < -0.3 is 9.73 Å². The topological polar surface area (TPSA) is 59.3 Å². The van der Waals surface area contributed by atoms with Gasteiger partial charge in [0.2, 0.25) is 0 Å². The van der Waals surface area contributed by atoms with Crippen molar-refractivity contribution in [1.29, 1.82) is 0 Å². The predicted octanol–water partition coefficient (Wildman–Crippen LogP) is 5.11. The van der Waals surface area contributed by atoms with Gasteiger partial charge >= 0.3 is 0 Å². The Morgan fingerprint density at radius 2 is 1.81 bits per heavy atom. The van der Waals surface area contributed by atoms with Crippen LogP contribution < -0.4 is 5.32 Å². The van der Waals surface area contributed by atoms with Crippen LogP contribution in [0, 0.1) is 13.8 Å². The lowest BCUT2D eigenvalue weighted by atomic mass is 10.1. The van der Waals surface area contributed by atoms with E-state index < -0.39 is 10.8 Å². The molecule has 3 rings (SSSR count). The minimum atomic E-state index is -1.27. The second-order valence-electron chi connectivity index (χ2n) is 5.98. The van der Waals surface area contributed by atoms with Gasteiger partial charge in [-0.25, -0.2) is 0 Å². The van der Waals surface area contributed by atoms with E-state index in [1.54, 1.807) is 36.4 Å². The number of carbonyl (C=O) groups excluding carboxylic acids is 1. The van der Waals surface area contributed by atoms with Crippen LogP contribution in [0.15, 0.2) is 63.9 Å². The third-order valence-electron chi connectivity index (χ3n) is 3.88. The van der Waals surface area contributed by atoms with Crippen molar-refractivity contribution < 1.29 is 13.4 Å². The van der Waals surface area contributed by atoms with Gasteiger partial charge in [-0.15, -0.1) is 0 Å². The Hall–Kier alpha value is -2.37. The highest BCUT2D eigenvalue weighted by atomic mass is 35.5. The van der Waals surface area contributed by atoms with Gasteiger partial charge in [-0.3, -0.25) is 9.00 Å². The van der Waals surface area contributed by atoms with Gasteiger partial charge in [0, 0.05) is 15.6 Å². The molecule has 0 bridgehead atoms. The first-order valence-electron chi connectivity index (χ1n) is 8.03. The Balaban J connectivity index is 1.69. The Morgan fingerprint density at radius 3 is 2.54 bits per heavy atom.